The molecule has 1 aliphatic heterocycles. The lowest BCUT2D eigenvalue weighted by molar-refractivity contribution is 0.0923. The standard InChI is InChI=1S/C24H28N2O/c27-24(25-23-14-18-7-10-21(23)13-18)20-8-5-17(6-9-20)15-26-12-11-19-3-1-2-4-22(19)16-26/h1-6,8-9,18,21,23H,7,10-16H2,(H,25,27)/t18-,21-,23-/m1/s1. The summed E-state index contributed by atoms with van der Waals surface area (Å²) in [5.41, 5.74) is 5.02. The highest BCUT2D eigenvalue weighted by molar-refractivity contribution is 5.94. The van der Waals surface area contributed by atoms with Gasteiger partial charge in [-0.15, -0.1) is 0 Å². The highest BCUT2D eigenvalue weighted by atomic mass is 16.1. The zero-order valence-electron chi connectivity index (χ0n) is 15.9. The molecular formula is C24H28N2O. The molecule has 0 aromatic heterocycles. The van der Waals surface area contributed by atoms with Crippen LogP contribution in [0.1, 0.15) is 52.7 Å². The fourth-order valence-electron chi connectivity index (χ4n) is 5.38. The van der Waals surface area contributed by atoms with Crippen LogP contribution in [0.2, 0.25) is 0 Å². The van der Waals surface area contributed by atoms with Crippen molar-refractivity contribution in [1.82, 2.24) is 10.2 Å². The number of amides is 1. The van der Waals surface area contributed by atoms with Crippen LogP contribution in [0.5, 0.6) is 0 Å². The molecule has 0 unspecified atom stereocenters. The number of benzene rings is 2. The Kier molecular flexibility index (Phi) is 4.48. The van der Waals surface area contributed by atoms with Crippen LogP contribution in [0.15, 0.2) is 48.5 Å². The van der Waals surface area contributed by atoms with E-state index in [4.69, 9.17) is 0 Å². The highest BCUT2D eigenvalue weighted by Crippen LogP contribution is 2.44. The van der Waals surface area contributed by atoms with E-state index in [1.54, 1.807) is 0 Å². The van der Waals surface area contributed by atoms with Crippen LogP contribution >= 0.6 is 0 Å². The first-order valence-corrected chi connectivity index (χ1v) is 10.4. The summed E-state index contributed by atoms with van der Waals surface area (Å²) in [7, 11) is 0. The van der Waals surface area contributed by atoms with Crippen LogP contribution in [0.4, 0.5) is 0 Å². The lowest BCUT2D eigenvalue weighted by Crippen LogP contribution is -2.38. The largest absolute Gasteiger partial charge is 0.349 e. The van der Waals surface area contributed by atoms with Crippen molar-refractivity contribution in [3.05, 3.63) is 70.8 Å². The Morgan fingerprint density at radius 1 is 1.00 bits per heavy atom. The van der Waals surface area contributed by atoms with Crippen molar-refractivity contribution in [2.45, 2.75) is 51.2 Å². The van der Waals surface area contributed by atoms with Gasteiger partial charge in [0, 0.05) is 31.2 Å². The molecule has 0 spiro atoms. The summed E-state index contributed by atoms with van der Waals surface area (Å²) in [6.07, 6.45) is 6.30. The maximum absolute atomic E-state index is 12.6. The van der Waals surface area contributed by atoms with Crippen molar-refractivity contribution < 1.29 is 4.79 Å². The molecule has 0 saturated heterocycles. The number of carbonyl (C=O) groups is 1. The first-order valence-electron chi connectivity index (χ1n) is 10.4. The molecule has 27 heavy (non-hydrogen) atoms. The van der Waals surface area contributed by atoms with Gasteiger partial charge in [-0.05, 0) is 66.3 Å². The molecule has 3 nitrogen and oxygen atoms in total. The number of nitrogens with zero attached hydrogens (tertiary/aromatic N) is 1. The van der Waals surface area contributed by atoms with Crippen molar-refractivity contribution >= 4 is 5.91 Å². The molecule has 3 heteroatoms. The second kappa shape index (κ2) is 7.12. The van der Waals surface area contributed by atoms with Gasteiger partial charge in [0.15, 0.2) is 0 Å². The fourth-order valence-corrected chi connectivity index (χ4v) is 5.38. The molecule has 3 atom stereocenters. The summed E-state index contributed by atoms with van der Waals surface area (Å²) in [6.45, 7) is 3.06. The van der Waals surface area contributed by atoms with Crippen molar-refractivity contribution in [2.24, 2.45) is 11.8 Å². The molecular weight excluding hydrogens is 332 g/mol. The molecule has 2 aromatic carbocycles. The average Bonchev–Trinajstić information content (AvgIpc) is 3.31. The second-order valence-corrected chi connectivity index (χ2v) is 8.68. The lowest BCUT2D eigenvalue weighted by Gasteiger charge is -2.28. The topological polar surface area (TPSA) is 32.3 Å². The van der Waals surface area contributed by atoms with Crippen LogP contribution in [0, 0.1) is 11.8 Å². The van der Waals surface area contributed by atoms with Crippen molar-refractivity contribution in [2.75, 3.05) is 6.54 Å². The molecule has 1 amide bonds. The molecule has 2 saturated carbocycles. The molecule has 2 aliphatic carbocycles. The predicted molar refractivity (Wildman–Crippen MR) is 107 cm³/mol. The molecule has 5 rings (SSSR count). The minimum atomic E-state index is 0.103. The SMILES string of the molecule is O=C(N[C@@H]1C[C@@H]2CC[C@@H]1C2)c1ccc(CN2CCc3ccccc3C2)cc1. The third-order valence-electron chi connectivity index (χ3n) is 6.89. The third-order valence-corrected chi connectivity index (χ3v) is 6.89. The molecule has 140 valence electrons. The Morgan fingerprint density at radius 3 is 2.56 bits per heavy atom. The van der Waals surface area contributed by atoms with Gasteiger partial charge in [0.25, 0.3) is 5.91 Å². The summed E-state index contributed by atoms with van der Waals surface area (Å²) in [4.78, 5) is 15.1. The van der Waals surface area contributed by atoms with Crippen molar-refractivity contribution in [3.63, 3.8) is 0 Å². The van der Waals surface area contributed by atoms with E-state index in [2.05, 4.69) is 46.6 Å². The molecule has 2 bridgehead atoms. The number of carbonyl (C=O) groups excluding carboxylic acids is 1. The summed E-state index contributed by atoms with van der Waals surface area (Å²) in [5, 5.41) is 3.29. The maximum Gasteiger partial charge on any atom is 0.251 e. The van der Waals surface area contributed by atoms with Crippen molar-refractivity contribution in [3.8, 4) is 0 Å². The van der Waals surface area contributed by atoms with E-state index in [0.717, 1.165) is 43.5 Å². The fraction of sp³-hybridized carbons (Fsp3) is 0.458. The van der Waals surface area contributed by atoms with Crippen LogP contribution in [-0.2, 0) is 19.5 Å². The average molecular weight is 361 g/mol. The van der Waals surface area contributed by atoms with E-state index in [1.807, 2.05) is 12.1 Å². The second-order valence-electron chi connectivity index (χ2n) is 8.68. The van der Waals surface area contributed by atoms with Gasteiger partial charge < -0.3 is 5.32 Å². The Bertz CT molecular complexity index is 829. The zero-order chi connectivity index (χ0) is 18.2. The van der Waals surface area contributed by atoms with Crippen molar-refractivity contribution in [1.29, 1.82) is 0 Å². The zero-order valence-corrected chi connectivity index (χ0v) is 15.9. The molecule has 2 fully saturated rings. The van der Waals surface area contributed by atoms with Crippen LogP contribution in [0.25, 0.3) is 0 Å². The first-order chi connectivity index (χ1) is 13.2. The lowest BCUT2D eigenvalue weighted by atomic mass is 9.95. The van der Waals surface area contributed by atoms with Gasteiger partial charge in [-0.1, -0.05) is 42.8 Å². The summed E-state index contributed by atoms with van der Waals surface area (Å²) in [5.74, 6) is 1.68. The third kappa shape index (κ3) is 3.53. The van der Waals surface area contributed by atoms with Gasteiger partial charge in [0.2, 0.25) is 0 Å². The molecule has 0 radical (unpaired) electrons. The summed E-state index contributed by atoms with van der Waals surface area (Å²) < 4.78 is 0. The normalized spacial score (nSPS) is 26.7. The number of nitrogens with one attached hydrogen (secondary N) is 1. The Labute approximate surface area is 161 Å². The monoisotopic (exact) mass is 360 g/mol. The van der Waals surface area contributed by atoms with Gasteiger partial charge in [0.1, 0.15) is 0 Å². The minimum Gasteiger partial charge on any atom is -0.349 e. The molecule has 2 aromatic rings. The van der Waals surface area contributed by atoms with E-state index in [-0.39, 0.29) is 5.91 Å². The van der Waals surface area contributed by atoms with Gasteiger partial charge in [-0.25, -0.2) is 0 Å². The highest BCUT2D eigenvalue weighted by Gasteiger charge is 2.40. The Morgan fingerprint density at radius 2 is 1.81 bits per heavy atom. The summed E-state index contributed by atoms with van der Waals surface area (Å²) >= 11 is 0. The first kappa shape index (κ1) is 17.0. The van der Waals surface area contributed by atoms with Gasteiger partial charge in [-0.2, -0.15) is 0 Å². The maximum atomic E-state index is 12.6. The number of rotatable bonds is 4. The Balaban J connectivity index is 1.19. The predicted octanol–water partition coefficient (Wildman–Crippen LogP) is 4.16. The quantitative estimate of drug-likeness (QED) is 0.888. The Hall–Kier alpha value is -2.13. The van der Waals surface area contributed by atoms with E-state index in [0.29, 0.717) is 6.04 Å². The minimum absolute atomic E-state index is 0.103. The van der Waals surface area contributed by atoms with Gasteiger partial charge in [-0.3, -0.25) is 9.69 Å². The van der Waals surface area contributed by atoms with Crippen LogP contribution in [-0.4, -0.2) is 23.4 Å². The number of fused-ring (bicyclic) bond motifs is 3. The number of hydrogen-bond donors (Lipinski definition) is 1. The molecule has 1 N–H and O–H groups in total. The van der Waals surface area contributed by atoms with E-state index in [1.165, 1.54) is 42.4 Å². The van der Waals surface area contributed by atoms with Crippen LogP contribution in [0.3, 0.4) is 0 Å². The summed E-state index contributed by atoms with van der Waals surface area (Å²) in [6, 6.07) is 17.4. The molecule has 3 aliphatic rings. The van der Waals surface area contributed by atoms with E-state index < -0.39 is 0 Å². The van der Waals surface area contributed by atoms with E-state index in [9.17, 15) is 4.79 Å². The number of hydrogen-bond acceptors (Lipinski definition) is 2. The smallest absolute Gasteiger partial charge is 0.251 e. The molecule has 1 heterocycles. The van der Waals surface area contributed by atoms with Gasteiger partial charge in [0.05, 0.1) is 0 Å². The van der Waals surface area contributed by atoms with Crippen LogP contribution < -0.4 is 5.32 Å². The van der Waals surface area contributed by atoms with Gasteiger partial charge >= 0.3 is 0 Å². The van der Waals surface area contributed by atoms with E-state index >= 15 is 0 Å².